The minimum Gasteiger partial charge on any atom is -0.467 e. The van der Waals surface area contributed by atoms with Gasteiger partial charge < -0.3 is 14.6 Å². The molecule has 2 heterocycles. The molecule has 2 amide bonds. The van der Waals surface area contributed by atoms with Crippen LogP contribution in [0.15, 0.2) is 22.8 Å². The van der Waals surface area contributed by atoms with Crippen molar-refractivity contribution in [2.24, 2.45) is 5.92 Å². The van der Waals surface area contributed by atoms with E-state index in [1.165, 1.54) is 4.90 Å². The maximum absolute atomic E-state index is 12.3. The summed E-state index contributed by atoms with van der Waals surface area (Å²) in [7, 11) is 1.65. The molecule has 0 spiro atoms. The van der Waals surface area contributed by atoms with Gasteiger partial charge in [-0.1, -0.05) is 0 Å². The summed E-state index contributed by atoms with van der Waals surface area (Å²) < 4.78 is 5.20. The van der Waals surface area contributed by atoms with Crippen molar-refractivity contribution in [3.63, 3.8) is 0 Å². The number of hydrogen-bond acceptors (Lipinski definition) is 5. The number of likely N-dealkylation sites (N-methyl/N-ethyl adjacent to an activating group) is 1. The fourth-order valence-electron chi connectivity index (χ4n) is 2.77. The number of piperidine rings is 1. The van der Waals surface area contributed by atoms with E-state index in [0.29, 0.717) is 19.6 Å². The number of furan rings is 1. The molecule has 0 radical (unpaired) electrons. The molecule has 1 aromatic rings. The molecule has 1 N–H and O–H groups in total. The van der Waals surface area contributed by atoms with Crippen LogP contribution in [0, 0.1) is 17.2 Å². The van der Waals surface area contributed by atoms with Crippen LogP contribution in [0.25, 0.3) is 0 Å². The van der Waals surface area contributed by atoms with E-state index in [1.54, 1.807) is 33.2 Å². The van der Waals surface area contributed by atoms with Crippen molar-refractivity contribution >= 4 is 11.8 Å². The van der Waals surface area contributed by atoms with Gasteiger partial charge in [-0.05, 0) is 51.9 Å². The smallest absolute Gasteiger partial charge is 0.237 e. The van der Waals surface area contributed by atoms with Crippen molar-refractivity contribution in [1.29, 1.82) is 5.26 Å². The molecule has 0 saturated carbocycles. The maximum atomic E-state index is 12.3. The van der Waals surface area contributed by atoms with Crippen LogP contribution in [0.4, 0.5) is 0 Å². The summed E-state index contributed by atoms with van der Waals surface area (Å²) in [5.41, 5.74) is -0.818. The normalized spacial score (nSPS) is 16.2. The Kier molecular flexibility index (Phi) is 6.21. The SMILES string of the molecule is CN(C(=O)CN1CCC(C(=O)NCc2ccco2)CC1)C(C)(C)C#N. The minimum atomic E-state index is -0.818. The Balaban J connectivity index is 1.75. The van der Waals surface area contributed by atoms with Crippen molar-refractivity contribution in [3.05, 3.63) is 24.2 Å². The molecule has 136 valence electrons. The number of carbonyl (C=O) groups excluding carboxylic acids is 2. The summed E-state index contributed by atoms with van der Waals surface area (Å²) in [6.07, 6.45) is 3.03. The van der Waals surface area contributed by atoms with Crippen LogP contribution in [-0.4, -0.2) is 53.8 Å². The van der Waals surface area contributed by atoms with Crippen LogP contribution in [0.3, 0.4) is 0 Å². The van der Waals surface area contributed by atoms with Gasteiger partial charge in [0.25, 0.3) is 0 Å². The first kappa shape index (κ1) is 19.0. The van der Waals surface area contributed by atoms with Gasteiger partial charge in [-0.2, -0.15) is 5.26 Å². The molecule has 0 aromatic carbocycles. The van der Waals surface area contributed by atoms with Gasteiger partial charge in [0.1, 0.15) is 11.3 Å². The highest BCUT2D eigenvalue weighted by atomic mass is 16.3. The van der Waals surface area contributed by atoms with E-state index < -0.39 is 5.54 Å². The zero-order chi connectivity index (χ0) is 18.4. The third-order valence-corrected chi connectivity index (χ3v) is 4.82. The number of carbonyl (C=O) groups is 2. The van der Waals surface area contributed by atoms with Gasteiger partial charge in [0, 0.05) is 13.0 Å². The summed E-state index contributed by atoms with van der Waals surface area (Å²) in [5.74, 6) is 0.659. The van der Waals surface area contributed by atoms with E-state index in [2.05, 4.69) is 11.4 Å². The minimum absolute atomic E-state index is 0.0325. The number of nitriles is 1. The third kappa shape index (κ3) is 5.07. The van der Waals surface area contributed by atoms with Crippen molar-refractivity contribution in [1.82, 2.24) is 15.1 Å². The summed E-state index contributed by atoms with van der Waals surface area (Å²) in [6, 6.07) is 5.75. The Morgan fingerprint density at radius 1 is 1.44 bits per heavy atom. The Labute approximate surface area is 148 Å². The highest BCUT2D eigenvalue weighted by Crippen LogP contribution is 2.18. The Morgan fingerprint density at radius 2 is 2.12 bits per heavy atom. The Morgan fingerprint density at radius 3 is 2.68 bits per heavy atom. The molecular weight excluding hydrogens is 320 g/mol. The average Bonchev–Trinajstić information content (AvgIpc) is 3.13. The summed E-state index contributed by atoms with van der Waals surface area (Å²) in [5, 5.41) is 12.0. The zero-order valence-electron chi connectivity index (χ0n) is 15.1. The van der Waals surface area contributed by atoms with Crippen molar-refractivity contribution < 1.29 is 14.0 Å². The molecular formula is C18H26N4O3. The van der Waals surface area contributed by atoms with E-state index in [0.717, 1.165) is 18.6 Å². The standard InChI is InChI=1S/C18H26N4O3/c1-18(2,13-19)21(3)16(23)12-22-8-6-14(7-9-22)17(24)20-11-15-5-4-10-25-15/h4-5,10,14H,6-9,11-12H2,1-3H3,(H,20,24). The lowest BCUT2D eigenvalue weighted by molar-refractivity contribution is -0.134. The van der Waals surface area contributed by atoms with E-state index in [9.17, 15) is 9.59 Å². The number of amides is 2. The molecule has 1 aromatic heterocycles. The summed E-state index contributed by atoms with van der Waals surface area (Å²) >= 11 is 0. The molecule has 0 bridgehead atoms. The van der Waals surface area contributed by atoms with Gasteiger partial charge in [0.2, 0.25) is 11.8 Å². The number of likely N-dealkylation sites (tertiary alicyclic amines) is 1. The van der Waals surface area contributed by atoms with Crippen LogP contribution in [0.2, 0.25) is 0 Å². The van der Waals surface area contributed by atoms with Crippen LogP contribution < -0.4 is 5.32 Å². The lowest BCUT2D eigenvalue weighted by atomic mass is 9.95. The van der Waals surface area contributed by atoms with E-state index in [4.69, 9.17) is 9.68 Å². The van der Waals surface area contributed by atoms with Crippen molar-refractivity contribution in [2.45, 2.75) is 38.8 Å². The van der Waals surface area contributed by atoms with Gasteiger partial charge in [-0.15, -0.1) is 0 Å². The molecule has 25 heavy (non-hydrogen) atoms. The predicted octanol–water partition coefficient (Wildman–Crippen LogP) is 1.37. The molecule has 1 saturated heterocycles. The molecule has 0 unspecified atom stereocenters. The number of hydrogen-bond donors (Lipinski definition) is 1. The molecule has 7 nitrogen and oxygen atoms in total. The van der Waals surface area contributed by atoms with E-state index in [-0.39, 0.29) is 24.3 Å². The van der Waals surface area contributed by atoms with E-state index >= 15 is 0 Å². The van der Waals surface area contributed by atoms with Crippen LogP contribution in [0.5, 0.6) is 0 Å². The lowest BCUT2D eigenvalue weighted by Gasteiger charge is -2.34. The Bertz CT molecular complexity index is 625. The molecule has 0 atom stereocenters. The second-order valence-electron chi connectivity index (χ2n) is 6.97. The summed E-state index contributed by atoms with van der Waals surface area (Å²) in [4.78, 5) is 28.1. The number of rotatable bonds is 6. The fraction of sp³-hybridized carbons (Fsp3) is 0.611. The summed E-state index contributed by atoms with van der Waals surface area (Å²) in [6.45, 7) is 5.53. The second-order valence-corrected chi connectivity index (χ2v) is 6.97. The van der Waals surface area contributed by atoms with Gasteiger partial charge in [0.05, 0.1) is 25.4 Å². The van der Waals surface area contributed by atoms with Gasteiger partial charge >= 0.3 is 0 Å². The second kappa shape index (κ2) is 8.17. The molecule has 2 rings (SSSR count). The topological polar surface area (TPSA) is 89.6 Å². The fourth-order valence-corrected chi connectivity index (χ4v) is 2.77. The van der Waals surface area contributed by atoms with Crippen molar-refractivity contribution in [2.75, 3.05) is 26.7 Å². The Hall–Kier alpha value is -2.33. The monoisotopic (exact) mass is 346 g/mol. The van der Waals surface area contributed by atoms with Crippen molar-refractivity contribution in [3.8, 4) is 6.07 Å². The van der Waals surface area contributed by atoms with Crippen LogP contribution >= 0.6 is 0 Å². The predicted molar refractivity (Wildman–Crippen MR) is 92.2 cm³/mol. The van der Waals surface area contributed by atoms with E-state index in [1.807, 2.05) is 11.0 Å². The first-order valence-electron chi connectivity index (χ1n) is 8.54. The maximum Gasteiger partial charge on any atom is 0.237 e. The molecule has 7 heteroatoms. The van der Waals surface area contributed by atoms with Gasteiger partial charge in [-0.3, -0.25) is 14.5 Å². The van der Waals surface area contributed by atoms with Gasteiger partial charge in [0.15, 0.2) is 0 Å². The highest BCUT2D eigenvalue weighted by molar-refractivity contribution is 5.80. The quantitative estimate of drug-likeness (QED) is 0.840. The third-order valence-electron chi connectivity index (χ3n) is 4.82. The first-order valence-corrected chi connectivity index (χ1v) is 8.54. The zero-order valence-corrected chi connectivity index (χ0v) is 15.1. The van der Waals surface area contributed by atoms with Gasteiger partial charge in [-0.25, -0.2) is 0 Å². The largest absolute Gasteiger partial charge is 0.467 e. The lowest BCUT2D eigenvalue weighted by Crippen LogP contribution is -2.50. The molecule has 0 aliphatic carbocycles. The van der Waals surface area contributed by atoms with Crippen LogP contribution in [-0.2, 0) is 16.1 Å². The highest BCUT2D eigenvalue weighted by Gasteiger charge is 2.30. The average molecular weight is 346 g/mol. The number of nitrogens with one attached hydrogen (secondary N) is 1. The number of nitrogens with zero attached hydrogens (tertiary/aromatic N) is 3. The first-order chi connectivity index (χ1) is 11.8. The molecule has 1 aliphatic heterocycles. The molecule has 1 aliphatic rings. The van der Waals surface area contributed by atoms with Crippen LogP contribution in [0.1, 0.15) is 32.4 Å². The molecule has 1 fully saturated rings.